The van der Waals surface area contributed by atoms with Crippen molar-refractivity contribution in [1.29, 1.82) is 0 Å². The van der Waals surface area contributed by atoms with Crippen molar-refractivity contribution in [3.8, 4) is 0 Å². The average molecular weight is 166 g/mol. The Bertz CT molecular complexity index is 271. The number of rotatable bonds is 3. The Morgan fingerprint density at radius 1 is 0.833 bits per heavy atom. The molecule has 0 fully saturated rings. The van der Waals surface area contributed by atoms with Crippen molar-refractivity contribution in [3.63, 3.8) is 0 Å². The molecule has 0 amide bonds. The predicted octanol–water partition coefficient (Wildman–Crippen LogP) is -2.59. The molecular weight excluding hydrogens is 164 g/mol. The first-order valence-electron chi connectivity index (χ1n) is 2.84. The van der Waals surface area contributed by atoms with E-state index in [9.17, 15) is 0 Å². The number of anilines is 2. The smallest absolute Gasteiger partial charge is 0.104 e. The Morgan fingerprint density at radius 3 is 1.67 bits per heavy atom. The molecule has 2 heterocycles. The first-order chi connectivity index (χ1) is 5.95. The van der Waals surface area contributed by atoms with Gasteiger partial charge < -0.3 is 10.9 Å². The van der Waals surface area contributed by atoms with Crippen molar-refractivity contribution >= 4 is 11.9 Å². The summed E-state index contributed by atoms with van der Waals surface area (Å²) in [6.07, 6.45) is 0. The second-order valence-electron chi connectivity index (χ2n) is 1.65. The first kappa shape index (κ1) is 6.45. The predicted molar refractivity (Wildman–Crippen MR) is 33.5 cm³/mol. The molecule has 0 aliphatic heterocycles. The summed E-state index contributed by atoms with van der Waals surface area (Å²) < 4.78 is 0. The van der Waals surface area contributed by atoms with Gasteiger partial charge in [-0.05, 0) is 0 Å². The van der Waals surface area contributed by atoms with Gasteiger partial charge in [0.15, 0.2) is 0 Å². The Labute approximate surface area is 65.1 Å². The lowest BCUT2D eigenvalue weighted by molar-refractivity contribution is 0.871. The number of hydrogen-bond acceptors (Lipinski definition) is 8. The monoisotopic (exact) mass is 166 g/mol. The molecule has 0 bridgehead atoms. The second-order valence-corrected chi connectivity index (χ2v) is 1.65. The van der Waals surface area contributed by atoms with E-state index in [0.29, 0.717) is 0 Å². The van der Waals surface area contributed by atoms with Gasteiger partial charge in [0.05, 0.1) is 0 Å². The molecule has 10 nitrogen and oxygen atoms in total. The van der Waals surface area contributed by atoms with Gasteiger partial charge in [-0.3, -0.25) is 10.2 Å². The van der Waals surface area contributed by atoms with E-state index >= 15 is 0 Å². The van der Waals surface area contributed by atoms with Crippen molar-refractivity contribution < 1.29 is 0 Å². The number of nitrogens with zero attached hydrogens (tertiary/aromatic N) is 8. The zero-order chi connectivity index (χ0) is 8.23. The van der Waals surface area contributed by atoms with Crippen molar-refractivity contribution in [2.24, 2.45) is 0 Å². The molecule has 2 aromatic heterocycles. The molecule has 0 aromatic carbocycles. The lowest BCUT2D eigenvalue weighted by Gasteiger charge is -2.10. The van der Waals surface area contributed by atoms with Crippen LogP contribution in [0.2, 0.25) is 0 Å². The van der Waals surface area contributed by atoms with Crippen LogP contribution in [-0.2, 0) is 0 Å². The van der Waals surface area contributed by atoms with E-state index in [1.165, 1.54) is 0 Å². The average Bonchev–Trinajstić information content (AvgIpc) is 2.74. The van der Waals surface area contributed by atoms with Crippen molar-refractivity contribution in [2.75, 3.05) is 10.9 Å². The van der Waals surface area contributed by atoms with Gasteiger partial charge in [-0.2, -0.15) is 10.4 Å². The molecule has 12 heavy (non-hydrogen) atoms. The van der Waals surface area contributed by atoms with Crippen LogP contribution in [0.3, 0.4) is 0 Å². The van der Waals surface area contributed by atoms with E-state index in [2.05, 4.69) is 52.1 Å². The molecule has 2 aromatic rings. The van der Waals surface area contributed by atoms with Crippen LogP contribution in [0.1, 0.15) is 0 Å². The van der Waals surface area contributed by atoms with Crippen molar-refractivity contribution in [3.05, 3.63) is 0 Å². The number of tetrazole rings is 2. The third-order valence-corrected chi connectivity index (χ3v) is 0.924. The number of nitrogens with one attached hydrogen (secondary N) is 2. The van der Waals surface area contributed by atoms with Gasteiger partial charge in [-0.25, -0.2) is 10.2 Å². The minimum Gasteiger partial charge on any atom is -0.372 e. The summed E-state index contributed by atoms with van der Waals surface area (Å²) in [7, 11) is 0. The lowest BCUT2D eigenvalue weighted by atomic mass is 11.0. The Morgan fingerprint density at radius 2 is 1.33 bits per heavy atom. The maximum atomic E-state index is 3.47. The minimum atomic E-state index is 0.222. The van der Waals surface area contributed by atoms with Crippen LogP contribution in [0, 0.1) is 0 Å². The first-order valence-corrected chi connectivity index (χ1v) is 2.84. The molecule has 10 heteroatoms. The van der Waals surface area contributed by atoms with E-state index < -0.39 is 0 Å². The number of hydrogen-bond donors (Lipinski definition) is 2. The fraction of sp³-hybridized carbons (Fsp3) is 0. The highest BCUT2D eigenvalue weighted by molar-refractivity contribution is 5.31. The van der Waals surface area contributed by atoms with Crippen LogP contribution in [0.5, 0.6) is 0 Å². The fourth-order valence-corrected chi connectivity index (χ4v) is 0.501. The Balaban J connectivity index is 1.91. The van der Waals surface area contributed by atoms with E-state index in [4.69, 9.17) is 0 Å². The van der Waals surface area contributed by atoms with Gasteiger partial charge in [-0.1, -0.05) is 0 Å². The van der Waals surface area contributed by atoms with Crippen LogP contribution >= 0.6 is 0 Å². The summed E-state index contributed by atoms with van der Waals surface area (Å²) in [6, 6.07) is 0. The Kier molecular flexibility index (Phi) is 1.49. The normalized spacial score (nSPS) is 9.67. The maximum Gasteiger partial charge on any atom is 0.104 e. The fourth-order valence-electron chi connectivity index (χ4n) is 0.501. The van der Waals surface area contributed by atoms with Crippen LogP contribution in [0.4, 0.5) is 11.9 Å². The van der Waals surface area contributed by atoms with Gasteiger partial charge in [0.1, 0.15) is 11.9 Å². The van der Waals surface area contributed by atoms with Crippen molar-refractivity contribution in [2.45, 2.75) is 0 Å². The highest BCUT2D eigenvalue weighted by Gasteiger charge is 1.83. The molecule has 0 aliphatic rings. The molecule has 0 saturated heterocycles. The standard InChI is InChI=1S/C2H2N10/c3(1-5-9-10-6-1)4-2-7-11-12-8-2/h(H2-2,3,4,5,6,7,8,9,10,11,12)/q-2. The van der Waals surface area contributed by atoms with Gasteiger partial charge in [0.2, 0.25) is 0 Å². The largest absolute Gasteiger partial charge is 0.372 e. The molecular formula is C2H2N10-2. The molecule has 2 N–H and O–H groups in total. The third-order valence-electron chi connectivity index (χ3n) is 0.924. The molecule has 0 spiro atoms. The maximum absolute atomic E-state index is 3.47. The van der Waals surface area contributed by atoms with Crippen LogP contribution < -0.4 is 21.0 Å². The summed E-state index contributed by atoms with van der Waals surface area (Å²) in [4.78, 5) is 0. The lowest BCUT2D eigenvalue weighted by Crippen LogP contribution is -2.12. The molecule has 2 rings (SSSR count). The SMILES string of the molecule is n1n[n-]c(NNc2nnn[n-]2)n1. The summed E-state index contributed by atoms with van der Waals surface area (Å²) >= 11 is 0. The molecule has 62 valence electrons. The van der Waals surface area contributed by atoms with E-state index in [1.54, 1.807) is 0 Å². The zero-order valence-electron chi connectivity index (χ0n) is 5.58. The zero-order valence-corrected chi connectivity index (χ0v) is 5.58. The van der Waals surface area contributed by atoms with Crippen LogP contribution in [-0.4, -0.2) is 31.1 Å². The van der Waals surface area contributed by atoms with Crippen LogP contribution in [0.15, 0.2) is 0 Å². The molecule has 0 saturated carbocycles. The van der Waals surface area contributed by atoms with Gasteiger partial charge in [-0.15, -0.1) is 10.4 Å². The second kappa shape index (κ2) is 2.77. The number of hydrazine groups is 1. The summed E-state index contributed by atoms with van der Waals surface area (Å²) in [5.41, 5.74) is 5.05. The molecule has 0 unspecified atom stereocenters. The minimum absolute atomic E-state index is 0.222. The van der Waals surface area contributed by atoms with Gasteiger partial charge in [0.25, 0.3) is 0 Å². The summed E-state index contributed by atoms with van der Waals surface area (Å²) in [6.45, 7) is 0. The van der Waals surface area contributed by atoms with E-state index in [1.807, 2.05) is 0 Å². The number of aromatic nitrogens is 8. The topological polar surface area (TPSA) is 130 Å². The quantitative estimate of drug-likeness (QED) is 0.468. The Hall–Kier alpha value is -2.26. The van der Waals surface area contributed by atoms with Crippen LogP contribution in [0.25, 0.3) is 0 Å². The molecule has 0 aliphatic carbocycles. The third kappa shape index (κ3) is 1.25. The van der Waals surface area contributed by atoms with Crippen molar-refractivity contribution in [1.82, 2.24) is 41.2 Å². The molecule has 0 radical (unpaired) electrons. The highest BCUT2D eigenvalue weighted by Crippen LogP contribution is 1.91. The summed E-state index contributed by atoms with van der Waals surface area (Å²) in [5, 5.41) is 26.8. The summed E-state index contributed by atoms with van der Waals surface area (Å²) in [5.74, 6) is 0.444. The van der Waals surface area contributed by atoms with Gasteiger partial charge >= 0.3 is 0 Å². The van der Waals surface area contributed by atoms with E-state index in [0.717, 1.165) is 0 Å². The highest BCUT2D eigenvalue weighted by atomic mass is 15.6. The van der Waals surface area contributed by atoms with Gasteiger partial charge in [0, 0.05) is 0 Å². The molecule has 0 atom stereocenters. The van der Waals surface area contributed by atoms with E-state index in [-0.39, 0.29) is 11.9 Å².